The maximum atomic E-state index is 11.5. The Morgan fingerprint density at radius 1 is 1.18 bits per heavy atom. The van der Waals surface area contributed by atoms with E-state index in [0.717, 1.165) is 48.9 Å². The van der Waals surface area contributed by atoms with Crippen LogP contribution < -0.4 is 16.0 Å². The van der Waals surface area contributed by atoms with Crippen molar-refractivity contribution in [3.8, 4) is 11.8 Å². The minimum absolute atomic E-state index is 0.0563. The molecule has 0 unspecified atom stereocenters. The monoisotopic (exact) mass is 521 g/mol. The molecule has 198 valence electrons. The number of nitrogens with two attached hydrogens (primary N) is 1. The van der Waals surface area contributed by atoms with E-state index >= 15 is 0 Å². The van der Waals surface area contributed by atoms with Crippen LogP contribution in [0.2, 0.25) is 0 Å². The summed E-state index contributed by atoms with van der Waals surface area (Å²) in [6, 6.07) is 14.2. The van der Waals surface area contributed by atoms with Crippen molar-refractivity contribution in [3.63, 3.8) is 0 Å². The van der Waals surface area contributed by atoms with Gasteiger partial charge in [0.25, 0.3) is 0 Å². The van der Waals surface area contributed by atoms with Crippen LogP contribution in [0.15, 0.2) is 54.9 Å². The number of carbonyl (C=O) groups excluding carboxylic acids is 1. The minimum atomic E-state index is -0.208. The molecule has 1 fully saturated rings. The summed E-state index contributed by atoms with van der Waals surface area (Å²) in [6.07, 6.45) is 6.35. The molecule has 2 aromatic heterocycles. The summed E-state index contributed by atoms with van der Waals surface area (Å²) < 4.78 is 1.78. The molecule has 1 atom stereocenters. The van der Waals surface area contributed by atoms with E-state index in [1.807, 2.05) is 18.2 Å². The van der Waals surface area contributed by atoms with E-state index < -0.39 is 0 Å². The number of aliphatic hydroxyl groups excluding tert-OH is 1. The normalized spacial score (nSPS) is 17.6. The maximum absolute atomic E-state index is 11.5. The van der Waals surface area contributed by atoms with Gasteiger partial charge >= 0.3 is 0 Å². The third kappa shape index (κ3) is 4.62. The summed E-state index contributed by atoms with van der Waals surface area (Å²) in [6.45, 7) is 3.26. The van der Waals surface area contributed by atoms with Gasteiger partial charge in [0.15, 0.2) is 5.82 Å². The van der Waals surface area contributed by atoms with Crippen LogP contribution in [0.4, 0.5) is 11.5 Å². The van der Waals surface area contributed by atoms with Gasteiger partial charge in [0.05, 0.1) is 30.2 Å². The molecule has 1 aliphatic heterocycles. The lowest BCUT2D eigenvalue weighted by atomic mass is 9.73. The Morgan fingerprint density at radius 3 is 2.77 bits per heavy atom. The SMILES string of the molecule is CC(=O)Nc1cccc2c1cnn2CC#Cc1cnc(N2CCC3(CC2)Cc2ccccc2[C@H]3N)c(CO)n1. The fraction of sp³-hybridized carbons (Fsp3) is 0.333. The standard InChI is InChI=1S/C30H31N7O2/c1-20(39)34-25-9-4-10-27-24(25)18-33-37(27)13-5-7-22-17-32-29(26(19-38)35-22)36-14-11-30(12-15-36)16-21-6-2-3-8-23(21)28(30)31/h2-4,6,8-10,17-18,28,38H,11-16,19,31H2,1H3,(H,34,39)/t28-/m1/s1. The van der Waals surface area contributed by atoms with Crippen molar-refractivity contribution in [1.29, 1.82) is 0 Å². The number of hydrogen-bond donors (Lipinski definition) is 3. The van der Waals surface area contributed by atoms with E-state index in [9.17, 15) is 9.90 Å². The molecule has 9 heteroatoms. The summed E-state index contributed by atoms with van der Waals surface area (Å²) in [5.74, 6) is 6.74. The van der Waals surface area contributed by atoms with E-state index in [1.54, 1.807) is 17.1 Å². The Kier molecular flexibility index (Phi) is 6.51. The van der Waals surface area contributed by atoms with Gasteiger partial charge in [-0.1, -0.05) is 36.3 Å². The molecule has 4 N–H and O–H groups in total. The second kappa shape index (κ2) is 10.1. The topological polar surface area (TPSA) is 122 Å². The average Bonchev–Trinajstić information content (AvgIpc) is 3.48. The molecule has 1 amide bonds. The lowest BCUT2D eigenvalue weighted by molar-refractivity contribution is -0.114. The van der Waals surface area contributed by atoms with Gasteiger partial charge in [-0.25, -0.2) is 9.97 Å². The van der Waals surface area contributed by atoms with Gasteiger partial charge in [-0.15, -0.1) is 0 Å². The molecule has 39 heavy (non-hydrogen) atoms. The molecule has 3 heterocycles. The highest BCUT2D eigenvalue weighted by Gasteiger charge is 2.46. The van der Waals surface area contributed by atoms with Gasteiger partial charge in [-0.05, 0) is 53.9 Å². The van der Waals surface area contributed by atoms with Crippen LogP contribution in [0, 0.1) is 17.3 Å². The number of benzene rings is 2. The van der Waals surface area contributed by atoms with Gasteiger partial charge in [0, 0.05) is 31.4 Å². The molecule has 4 aromatic rings. The number of aromatic nitrogens is 4. The number of carbonyl (C=O) groups is 1. The quantitative estimate of drug-likeness (QED) is 0.353. The fourth-order valence-corrected chi connectivity index (χ4v) is 6.05. The van der Waals surface area contributed by atoms with Crippen molar-refractivity contribution in [1.82, 2.24) is 19.7 Å². The zero-order valence-corrected chi connectivity index (χ0v) is 21.9. The van der Waals surface area contributed by atoms with Gasteiger partial charge in [-0.2, -0.15) is 5.10 Å². The number of nitrogens with zero attached hydrogens (tertiary/aromatic N) is 5. The lowest BCUT2D eigenvalue weighted by Gasteiger charge is -2.42. The van der Waals surface area contributed by atoms with Crippen LogP contribution in [-0.4, -0.2) is 43.9 Å². The molecular weight excluding hydrogens is 490 g/mol. The van der Waals surface area contributed by atoms with Crippen LogP contribution in [0.25, 0.3) is 10.9 Å². The first-order valence-electron chi connectivity index (χ1n) is 13.2. The molecular formula is C30H31N7O2. The molecule has 2 aromatic carbocycles. The van der Waals surface area contributed by atoms with Crippen LogP contribution >= 0.6 is 0 Å². The van der Waals surface area contributed by atoms with Crippen molar-refractivity contribution in [2.75, 3.05) is 23.3 Å². The smallest absolute Gasteiger partial charge is 0.221 e. The molecule has 0 bridgehead atoms. The van der Waals surface area contributed by atoms with Gasteiger partial charge in [-0.3, -0.25) is 9.48 Å². The molecule has 9 nitrogen and oxygen atoms in total. The summed E-state index contributed by atoms with van der Waals surface area (Å²) in [5, 5.41) is 18.2. The Labute approximate surface area is 227 Å². The minimum Gasteiger partial charge on any atom is -0.390 e. The molecule has 6 rings (SSSR count). The number of nitrogens with one attached hydrogen (secondary N) is 1. The third-order valence-electron chi connectivity index (χ3n) is 8.07. The number of amides is 1. The largest absolute Gasteiger partial charge is 0.390 e. The Bertz CT molecular complexity index is 1610. The highest BCUT2D eigenvalue weighted by Crippen LogP contribution is 2.51. The second-order valence-corrected chi connectivity index (χ2v) is 10.4. The van der Waals surface area contributed by atoms with E-state index in [4.69, 9.17) is 5.73 Å². The van der Waals surface area contributed by atoms with Gasteiger partial charge in [0.2, 0.25) is 5.91 Å². The predicted molar refractivity (Wildman–Crippen MR) is 150 cm³/mol. The zero-order chi connectivity index (χ0) is 27.0. The number of aliphatic hydroxyl groups is 1. The second-order valence-electron chi connectivity index (χ2n) is 10.4. The van der Waals surface area contributed by atoms with E-state index in [0.29, 0.717) is 23.8 Å². The number of fused-ring (bicyclic) bond motifs is 2. The van der Waals surface area contributed by atoms with Gasteiger partial charge < -0.3 is 21.1 Å². The molecule has 2 aliphatic rings. The van der Waals surface area contributed by atoms with Crippen molar-refractivity contribution < 1.29 is 9.90 Å². The first-order chi connectivity index (χ1) is 19.0. The van der Waals surface area contributed by atoms with Crippen molar-refractivity contribution >= 4 is 28.3 Å². The van der Waals surface area contributed by atoms with Gasteiger partial charge in [0.1, 0.15) is 17.9 Å². The average molecular weight is 522 g/mol. The Morgan fingerprint density at radius 2 is 2.00 bits per heavy atom. The lowest BCUT2D eigenvalue weighted by Crippen LogP contribution is -2.45. The summed E-state index contributed by atoms with van der Waals surface area (Å²) >= 11 is 0. The van der Waals surface area contributed by atoms with E-state index in [1.165, 1.54) is 18.1 Å². The van der Waals surface area contributed by atoms with E-state index in [2.05, 4.69) is 61.4 Å². The van der Waals surface area contributed by atoms with Crippen molar-refractivity contribution in [2.24, 2.45) is 11.1 Å². The first-order valence-corrected chi connectivity index (χ1v) is 13.2. The summed E-state index contributed by atoms with van der Waals surface area (Å²) in [7, 11) is 0. The number of anilines is 2. The Hall–Kier alpha value is -4.26. The molecule has 1 saturated heterocycles. The highest BCUT2D eigenvalue weighted by atomic mass is 16.3. The molecule has 0 radical (unpaired) electrons. The fourth-order valence-electron chi connectivity index (χ4n) is 6.05. The zero-order valence-electron chi connectivity index (χ0n) is 21.9. The van der Waals surface area contributed by atoms with Crippen LogP contribution in [0.1, 0.15) is 48.3 Å². The van der Waals surface area contributed by atoms with Crippen molar-refractivity contribution in [2.45, 2.75) is 45.4 Å². The van der Waals surface area contributed by atoms with Crippen LogP contribution in [0.3, 0.4) is 0 Å². The Balaban J connectivity index is 1.15. The number of rotatable bonds is 4. The number of piperidine rings is 1. The molecule has 1 spiro atoms. The summed E-state index contributed by atoms with van der Waals surface area (Å²) in [4.78, 5) is 23.0. The number of hydrogen-bond acceptors (Lipinski definition) is 7. The van der Waals surface area contributed by atoms with Crippen LogP contribution in [-0.2, 0) is 24.4 Å². The predicted octanol–water partition coefficient (Wildman–Crippen LogP) is 3.17. The first kappa shape index (κ1) is 25.0. The third-order valence-corrected chi connectivity index (χ3v) is 8.07. The maximum Gasteiger partial charge on any atom is 0.221 e. The summed E-state index contributed by atoms with van der Waals surface area (Å²) in [5.41, 5.74) is 12.1. The molecule has 0 saturated carbocycles. The highest BCUT2D eigenvalue weighted by molar-refractivity contribution is 6.00. The van der Waals surface area contributed by atoms with Crippen LogP contribution in [0.5, 0.6) is 0 Å². The molecule has 1 aliphatic carbocycles. The van der Waals surface area contributed by atoms with Crippen molar-refractivity contribution in [3.05, 3.63) is 77.4 Å². The van der Waals surface area contributed by atoms with E-state index in [-0.39, 0.29) is 24.0 Å².